The van der Waals surface area contributed by atoms with Gasteiger partial charge in [-0.05, 0) is 120 Å². The van der Waals surface area contributed by atoms with Crippen molar-refractivity contribution in [3.8, 4) is 50.6 Å². The van der Waals surface area contributed by atoms with Crippen molar-refractivity contribution in [3.05, 3.63) is 143 Å². The molecule has 252 valence electrons. The molecule has 0 amide bonds. The first-order chi connectivity index (χ1) is 25.4. The molecule has 8 nitrogen and oxygen atoms in total. The maximum absolute atomic E-state index is 10.3. The minimum absolute atomic E-state index is 0.167. The average molecular weight is 681 g/mol. The van der Waals surface area contributed by atoms with E-state index in [9.17, 15) is 20.4 Å². The van der Waals surface area contributed by atoms with Crippen LogP contribution in [-0.2, 0) is 0 Å². The summed E-state index contributed by atoms with van der Waals surface area (Å²) in [6.07, 6.45) is 12.9. The number of aromatic nitrogens is 4. The molecular formula is C44H32N4O4. The second-order valence-corrected chi connectivity index (χ2v) is 13.0. The first kappa shape index (κ1) is 31.0. The molecule has 0 atom stereocenters. The number of nitrogens with zero attached hydrogens (tertiary/aromatic N) is 2. The van der Waals surface area contributed by atoms with Crippen LogP contribution in [0.3, 0.4) is 0 Å². The number of aromatic hydroxyl groups is 3. The molecule has 6 N–H and O–H groups in total. The number of aliphatic hydroxyl groups excluding tert-OH is 1. The molecule has 3 aromatic carbocycles. The molecule has 5 heterocycles. The van der Waals surface area contributed by atoms with Crippen molar-refractivity contribution in [3.63, 3.8) is 0 Å². The quantitative estimate of drug-likeness (QED) is 0.109. The van der Waals surface area contributed by atoms with Crippen molar-refractivity contribution in [1.82, 2.24) is 19.9 Å². The number of aliphatic hydroxyl groups is 1. The molecule has 0 spiro atoms. The van der Waals surface area contributed by atoms with Gasteiger partial charge < -0.3 is 30.4 Å². The molecule has 6 aromatic rings. The topological polar surface area (TPSA) is 138 Å². The Kier molecular flexibility index (Phi) is 7.36. The lowest BCUT2D eigenvalue weighted by atomic mass is 9.95. The monoisotopic (exact) mass is 680 g/mol. The van der Waals surface area contributed by atoms with Crippen LogP contribution >= 0.6 is 0 Å². The van der Waals surface area contributed by atoms with Gasteiger partial charge in [0.1, 0.15) is 17.2 Å². The molecule has 8 bridgehead atoms. The summed E-state index contributed by atoms with van der Waals surface area (Å²) in [6, 6.07) is 29.4. The molecule has 0 fully saturated rings. The van der Waals surface area contributed by atoms with E-state index in [0.717, 1.165) is 89.4 Å². The SMILES string of the molecule is OC1=CC=C(c2c3nc(c(-c4ccc(O)cc4)c4ccc([nH]4)c(-c4ccc(O)cc4)c4nc(c(-c5ccc(O)cc5)c5ccc2[nH]5)C=C4)C=C3)CC1. The van der Waals surface area contributed by atoms with Gasteiger partial charge in [0.2, 0.25) is 0 Å². The summed E-state index contributed by atoms with van der Waals surface area (Å²) in [5, 5.41) is 40.8. The largest absolute Gasteiger partial charge is 0.512 e. The van der Waals surface area contributed by atoms with Crippen molar-refractivity contribution in [1.29, 1.82) is 0 Å². The van der Waals surface area contributed by atoms with Crippen LogP contribution in [0.25, 0.3) is 85.3 Å². The highest BCUT2D eigenvalue weighted by Gasteiger charge is 2.20. The molecule has 3 aliphatic rings. The van der Waals surface area contributed by atoms with Gasteiger partial charge in [-0.25, -0.2) is 9.97 Å². The van der Waals surface area contributed by atoms with Crippen molar-refractivity contribution in [2.75, 3.05) is 0 Å². The lowest BCUT2D eigenvalue weighted by molar-refractivity contribution is 0.388. The van der Waals surface area contributed by atoms with Crippen LogP contribution in [0.1, 0.15) is 41.2 Å². The van der Waals surface area contributed by atoms with Crippen LogP contribution in [0, 0.1) is 0 Å². The van der Waals surface area contributed by atoms with Gasteiger partial charge in [-0.3, -0.25) is 0 Å². The van der Waals surface area contributed by atoms with E-state index in [4.69, 9.17) is 9.97 Å². The maximum atomic E-state index is 10.3. The van der Waals surface area contributed by atoms with E-state index in [1.165, 1.54) is 0 Å². The Hall–Kier alpha value is -7.06. The highest BCUT2D eigenvalue weighted by molar-refractivity contribution is 5.99. The third-order valence-electron chi connectivity index (χ3n) is 9.67. The summed E-state index contributed by atoms with van der Waals surface area (Å²) >= 11 is 0. The molecular weight excluding hydrogens is 649 g/mol. The van der Waals surface area contributed by atoms with Crippen LogP contribution in [0.2, 0.25) is 0 Å². The van der Waals surface area contributed by atoms with Gasteiger partial charge in [0, 0.05) is 50.7 Å². The highest BCUT2D eigenvalue weighted by Crippen LogP contribution is 2.39. The number of rotatable bonds is 4. The van der Waals surface area contributed by atoms with Crippen molar-refractivity contribution in [2.24, 2.45) is 0 Å². The number of nitrogens with one attached hydrogen (secondary N) is 2. The van der Waals surface area contributed by atoms with E-state index in [-0.39, 0.29) is 17.2 Å². The van der Waals surface area contributed by atoms with Crippen LogP contribution in [-0.4, -0.2) is 40.4 Å². The van der Waals surface area contributed by atoms with E-state index < -0.39 is 0 Å². The minimum Gasteiger partial charge on any atom is -0.512 e. The molecule has 1 aliphatic carbocycles. The van der Waals surface area contributed by atoms with Crippen molar-refractivity contribution < 1.29 is 20.4 Å². The van der Waals surface area contributed by atoms with Crippen molar-refractivity contribution in [2.45, 2.75) is 12.8 Å². The Morgan fingerprint density at radius 2 is 0.731 bits per heavy atom. The van der Waals surface area contributed by atoms with E-state index in [0.29, 0.717) is 18.6 Å². The standard InChI is InChI=1S/C44H32N4O4/c49-29-9-1-25(2-10-29)41-33-17-19-35(45-33)42(26-3-11-30(50)12-4-26)37-21-23-39(47-37)44(28-7-15-32(52)16-8-28)40-24-22-38(48-40)43(36-20-18-34(41)46-36)27-5-13-31(51)14-6-27/h1-7,9-15,17-24,45,48-52H,8,16H2. The zero-order valence-electron chi connectivity index (χ0n) is 27.8. The number of benzene rings is 3. The van der Waals surface area contributed by atoms with E-state index in [1.54, 1.807) is 42.5 Å². The Labute approximate surface area is 298 Å². The molecule has 0 saturated carbocycles. The molecule has 0 unspecified atom stereocenters. The Morgan fingerprint density at radius 3 is 1.08 bits per heavy atom. The van der Waals surface area contributed by atoms with Gasteiger partial charge in [-0.1, -0.05) is 42.5 Å². The highest BCUT2D eigenvalue weighted by atomic mass is 16.3. The number of hydrogen-bond donors (Lipinski definition) is 6. The molecule has 0 radical (unpaired) electrons. The number of H-pyrrole nitrogens is 2. The zero-order valence-corrected chi connectivity index (χ0v) is 27.8. The molecule has 8 heteroatoms. The summed E-state index contributed by atoms with van der Waals surface area (Å²) in [5.41, 5.74) is 13.5. The second-order valence-electron chi connectivity index (χ2n) is 13.0. The normalized spacial score (nSPS) is 13.6. The Bertz CT molecular complexity index is 2650. The molecule has 2 aliphatic heterocycles. The third kappa shape index (κ3) is 5.52. The number of phenolic OH excluding ortho intramolecular Hbond substituents is 3. The summed E-state index contributed by atoms with van der Waals surface area (Å²) in [5.74, 6) is 0.851. The first-order valence-corrected chi connectivity index (χ1v) is 17.0. The smallest absolute Gasteiger partial charge is 0.115 e. The van der Waals surface area contributed by atoms with Crippen LogP contribution in [0.15, 0.2) is 115 Å². The van der Waals surface area contributed by atoms with Gasteiger partial charge >= 0.3 is 0 Å². The predicted octanol–water partition coefficient (Wildman–Crippen LogP) is 10.4. The third-order valence-corrected chi connectivity index (χ3v) is 9.67. The van der Waals surface area contributed by atoms with Gasteiger partial charge in [0.15, 0.2) is 0 Å². The minimum atomic E-state index is 0.167. The van der Waals surface area contributed by atoms with Crippen LogP contribution in [0.5, 0.6) is 17.2 Å². The van der Waals surface area contributed by atoms with Crippen LogP contribution < -0.4 is 0 Å². The zero-order chi connectivity index (χ0) is 35.3. The average Bonchev–Trinajstić information content (AvgIpc) is 3.99. The number of fused-ring (bicyclic) bond motifs is 8. The molecule has 9 rings (SSSR count). The van der Waals surface area contributed by atoms with Gasteiger partial charge in [-0.15, -0.1) is 0 Å². The number of allylic oxidation sites excluding steroid dienone is 4. The lowest BCUT2D eigenvalue weighted by Crippen LogP contribution is -1.96. The Balaban J connectivity index is 1.46. The first-order valence-electron chi connectivity index (χ1n) is 17.0. The summed E-state index contributed by atoms with van der Waals surface area (Å²) in [6.45, 7) is 0. The fraction of sp³-hybridized carbons (Fsp3) is 0.0455. The van der Waals surface area contributed by atoms with E-state index in [1.807, 2.05) is 85.0 Å². The maximum Gasteiger partial charge on any atom is 0.115 e. The molecule has 0 saturated heterocycles. The van der Waals surface area contributed by atoms with E-state index in [2.05, 4.69) is 16.0 Å². The van der Waals surface area contributed by atoms with Crippen LogP contribution in [0.4, 0.5) is 0 Å². The predicted molar refractivity (Wildman–Crippen MR) is 208 cm³/mol. The Morgan fingerprint density at radius 1 is 0.385 bits per heavy atom. The van der Waals surface area contributed by atoms with Gasteiger partial charge in [0.25, 0.3) is 0 Å². The van der Waals surface area contributed by atoms with E-state index >= 15 is 0 Å². The van der Waals surface area contributed by atoms with Gasteiger partial charge in [-0.2, -0.15) is 0 Å². The number of hydrogen-bond acceptors (Lipinski definition) is 6. The summed E-state index contributed by atoms with van der Waals surface area (Å²) in [7, 11) is 0. The fourth-order valence-corrected chi connectivity index (χ4v) is 7.17. The molecule has 3 aromatic heterocycles. The number of aromatic amines is 2. The van der Waals surface area contributed by atoms with Gasteiger partial charge in [0.05, 0.1) is 28.5 Å². The number of phenols is 3. The fourth-order valence-electron chi connectivity index (χ4n) is 7.17. The summed E-state index contributed by atoms with van der Waals surface area (Å²) < 4.78 is 0. The second kappa shape index (κ2) is 12.4. The lowest BCUT2D eigenvalue weighted by Gasteiger charge is -2.13. The summed E-state index contributed by atoms with van der Waals surface area (Å²) in [4.78, 5) is 17.9. The van der Waals surface area contributed by atoms with Crippen molar-refractivity contribution >= 4 is 51.9 Å². The molecule has 52 heavy (non-hydrogen) atoms.